The van der Waals surface area contributed by atoms with Crippen molar-refractivity contribution in [2.24, 2.45) is 0 Å². The summed E-state index contributed by atoms with van der Waals surface area (Å²) in [5.74, 6) is 0.642. The number of carbonyl (C=O) groups is 1. The van der Waals surface area contributed by atoms with Crippen molar-refractivity contribution in [2.75, 3.05) is 12.8 Å². The van der Waals surface area contributed by atoms with Gasteiger partial charge in [-0.05, 0) is 18.4 Å². The van der Waals surface area contributed by atoms with E-state index in [1.54, 1.807) is 36.3 Å². The lowest BCUT2D eigenvalue weighted by molar-refractivity contribution is -0.127. The van der Waals surface area contributed by atoms with Gasteiger partial charge in [0.2, 0.25) is 5.91 Å². The Hall–Kier alpha value is -1.47. The minimum Gasteiger partial charge on any atom is -0.360 e. The van der Waals surface area contributed by atoms with Crippen molar-refractivity contribution >= 4 is 28.0 Å². The van der Waals surface area contributed by atoms with Gasteiger partial charge in [0, 0.05) is 28.8 Å². The van der Waals surface area contributed by atoms with Gasteiger partial charge in [0.15, 0.2) is 0 Å². The Morgan fingerprint density at radius 1 is 1.55 bits per heavy atom. The molecule has 108 valence electrons. The Morgan fingerprint density at radius 2 is 2.35 bits per heavy atom. The van der Waals surface area contributed by atoms with Crippen LogP contribution in [-0.2, 0) is 27.9 Å². The molecule has 2 rings (SSSR count). The maximum absolute atomic E-state index is 12.0. The minimum absolute atomic E-state index is 0.00161. The third-order valence-electron chi connectivity index (χ3n) is 2.66. The molecule has 0 saturated heterocycles. The largest absolute Gasteiger partial charge is 0.360 e. The van der Waals surface area contributed by atoms with Gasteiger partial charge >= 0.3 is 0 Å². The van der Waals surface area contributed by atoms with E-state index in [0.29, 0.717) is 12.3 Å². The van der Waals surface area contributed by atoms with Gasteiger partial charge in [0.05, 0.1) is 18.0 Å². The zero-order chi connectivity index (χ0) is 14.5. The lowest BCUT2D eigenvalue weighted by atomic mass is 10.4. The van der Waals surface area contributed by atoms with Gasteiger partial charge in [-0.1, -0.05) is 11.2 Å². The highest BCUT2D eigenvalue weighted by atomic mass is 32.2. The zero-order valence-electron chi connectivity index (χ0n) is 11.4. The summed E-state index contributed by atoms with van der Waals surface area (Å²) in [6.07, 6.45) is 0. The lowest BCUT2D eigenvalue weighted by Gasteiger charge is -2.15. The van der Waals surface area contributed by atoms with Crippen LogP contribution >= 0.6 is 11.3 Å². The second kappa shape index (κ2) is 6.81. The third-order valence-corrected chi connectivity index (χ3v) is 4.70. The minimum atomic E-state index is -1.28. The van der Waals surface area contributed by atoms with Gasteiger partial charge in [-0.15, -0.1) is 11.3 Å². The molecule has 0 aliphatic heterocycles. The van der Waals surface area contributed by atoms with Gasteiger partial charge < -0.3 is 9.42 Å². The number of thiophene rings is 1. The molecule has 0 saturated carbocycles. The van der Waals surface area contributed by atoms with Crippen LogP contribution in [0.25, 0.3) is 0 Å². The molecular weight excluding hydrogens is 296 g/mol. The van der Waals surface area contributed by atoms with Gasteiger partial charge in [-0.3, -0.25) is 9.00 Å². The van der Waals surface area contributed by atoms with Crippen molar-refractivity contribution in [1.82, 2.24) is 10.1 Å². The molecule has 0 aliphatic carbocycles. The van der Waals surface area contributed by atoms with Crippen molar-refractivity contribution in [3.63, 3.8) is 0 Å². The first-order valence-electron chi connectivity index (χ1n) is 6.08. The fourth-order valence-corrected chi connectivity index (χ4v) is 3.47. The van der Waals surface area contributed by atoms with E-state index < -0.39 is 10.8 Å². The Bertz CT molecular complexity index is 593. The van der Waals surface area contributed by atoms with Gasteiger partial charge in [0.1, 0.15) is 11.5 Å². The van der Waals surface area contributed by atoms with E-state index >= 15 is 0 Å². The summed E-state index contributed by atoms with van der Waals surface area (Å²) in [6.45, 7) is 2.35. The summed E-state index contributed by atoms with van der Waals surface area (Å²) in [5.41, 5.74) is 0.748. The van der Waals surface area contributed by atoms with Crippen LogP contribution in [0.2, 0.25) is 0 Å². The Labute approximate surface area is 124 Å². The Kier molecular flexibility index (Phi) is 5.08. The molecule has 0 spiro atoms. The summed E-state index contributed by atoms with van der Waals surface area (Å²) >= 11 is 1.60. The second-order valence-corrected chi connectivity index (χ2v) is 6.98. The smallest absolute Gasteiger partial charge is 0.235 e. The molecule has 1 amide bonds. The number of hydrogen-bond acceptors (Lipinski definition) is 5. The third kappa shape index (κ3) is 4.28. The van der Waals surface area contributed by atoms with Crippen LogP contribution in [0.1, 0.15) is 16.3 Å². The van der Waals surface area contributed by atoms with Crippen LogP contribution < -0.4 is 0 Å². The van der Waals surface area contributed by atoms with E-state index in [1.807, 2.05) is 17.5 Å². The van der Waals surface area contributed by atoms with Crippen LogP contribution in [0.3, 0.4) is 0 Å². The van der Waals surface area contributed by atoms with E-state index in [2.05, 4.69) is 5.16 Å². The summed E-state index contributed by atoms with van der Waals surface area (Å²) in [7, 11) is 0.442. The molecule has 0 fully saturated rings. The molecule has 1 atom stereocenters. The van der Waals surface area contributed by atoms with E-state index in [4.69, 9.17) is 4.52 Å². The van der Waals surface area contributed by atoms with Crippen molar-refractivity contribution in [3.05, 3.63) is 39.9 Å². The average molecular weight is 312 g/mol. The van der Waals surface area contributed by atoms with Crippen LogP contribution in [0, 0.1) is 6.92 Å². The zero-order valence-corrected chi connectivity index (χ0v) is 13.0. The number of amides is 1. The number of aromatic nitrogens is 1. The number of nitrogens with zero attached hydrogens (tertiary/aromatic N) is 2. The monoisotopic (exact) mass is 312 g/mol. The Morgan fingerprint density at radius 3 is 2.95 bits per heavy atom. The molecule has 0 aromatic carbocycles. The van der Waals surface area contributed by atoms with Crippen molar-refractivity contribution in [1.29, 1.82) is 0 Å². The van der Waals surface area contributed by atoms with E-state index in [1.165, 1.54) is 0 Å². The highest BCUT2D eigenvalue weighted by Gasteiger charge is 2.15. The van der Waals surface area contributed by atoms with Crippen LogP contribution in [-0.4, -0.2) is 33.0 Å². The summed E-state index contributed by atoms with van der Waals surface area (Å²) in [5, 5.41) is 5.70. The molecule has 2 heterocycles. The maximum Gasteiger partial charge on any atom is 0.235 e. The Balaban J connectivity index is 1.82. The second-order valence-electron chi connectivity index (χ2n) is 4.49. The fraction of sp³-hybridized carbons (Fsp3) is 0.385. The molecule has 5 nitrogen and oxygen atoms in total. The van der Waals surface area contributed by atoms with Gasteiger partial charge in [0.25, 0.3) is 0 Å². The first-order valence-corrected chi connectivity index (χ1v) is 8.45. The highest BCUT2D eigenvalue weighted by Crippen LogP contribution is 2.11. The quantitative estimate of drug-likeness (QED) is 0.818. The maximum atomic E-state index is 12.0. The standard InChI is InChI=1S/C13H16N2O3S2/c1-10-6-11(18-14-10)8-20(17)9-13(16)15(2)7-12-4-3-5-19-12/h3-6H,7-9H2,1-2H3/t20-/m1/s1. The van der Waals surface area contributed by atoms with Crippen LogP contribution in [0.15, 0.2) is 28.1 Å². The topological polar surface area (TPSA) is 63.4 Å². The normalized spacial score (nSPS) is 12.3. The average Bonchev–Trinajstić information content (AvgIpc) is 3.01. The fourth-order valence-electron chi connectivity index (χ4n) is 1.67. The molecular formula is C13H16N2O3S2. The SMILES string of the molecule is Cc1cc(C[S@@](=O)CC(=O)N(C)Cc2cccs2)on1. The first kappa shape index (κ1) is 14.9. The van der Waals surface area contributed by atoms with Crippen molar-refractivity contribution < 1.29 is 13.5 Å². The first-order chi connectivity index (χ1) is 9.54. The molecule has 0 unspecified atom stereocenters. The summed E-state index contributed by atoms with van der Waals surface area (Å²) in [6, 6.07) is 5.66. The molecule has 0 aliphatic rings. The van der Waals surface area contributed by atoms with Gasteiger partial charge in [-0.25, -0.2) is 0 Å². The summed E-state index contributed by atoms with van der Waals surface area (Å²) in [4.78, 5) is 14.7. The molecule has 0 radical (unpaired) electrons. The number of hydrogen-bond donors (Lipinski definition) is 0. The predicted octanol–water partition coefficient (Wildman–Crippen LogP) is 1.95. The van der Waals surface area contributed by atoms with E-state index in [-0.39, 0.29) is 17.4 Å². The molecule has 2 aromatic heterocycles. The molecule has 0 bridgehead atoms. The summed E-state index contributed by atoms with van der Waals surface area (Å²) < 4.78 is 16.9. The van der Waals surface area contributed by atoms with Crippen LogP contribution in [0.5, 0.6) is 0 Å². The highest BCUT2D eigenvalue weighted by molar-refractivity contribution is 7.84. The van der Waals surface area contributed by atoms with E-state index in [9.17, 15) is 9.00 Å². The molecule has 20 heavy (non-hydrogen) atoms. The number of aryl methyl sites for hydroxylation is 1. The molecule has 2 aromatic rings. The number of rotatable bonds is 6. The molecule has 7 heteroatoms. The lowest BCUT2D eigenvalue weighted by Crippen LogP contribution is -2.30. The molecule has 0 N–H and O–H groups in total. The van der Waals surface area contributed by atoms with Gasteiger partial charge in [-0.2, -0.15) is 0 Å². The predicted molar refractivity (Wildman–Crippen MR) is 78.7 cm³/mol. The number of carbonyl (C=O) groups excluding carboxylic acids is 1. The van der Waals surface area contributed by atoms with Crippen LogP contribution in [0.4, 0.5) is 0 Å². The van der Waals surface area contributed by atoms with E-state index in [0.717, 1.165) is 10.6 Å². The van der Waals surface area contributed by atoms with Crippen molar-refractivity contribution in [2.45, 2.75) is 19.2 Å². The van der Waals surface area contributed by atoms with Crippen molar-refractivity contribution in [3.8, 4) is 0 Å².